The largest absolute Gasteiger partial charge is 0.304 e. The molecule has 2 rings (SSSR count). The molecule has 1 aliphatic rings. The lowest BCUT2D eigenvalue weighted by molar-refractivity contribution is 0.461. The molecule has 0 saturated heterocycles. The van der Waals surface area contributed by atoms with Crippen molar-refractivity contribution in [3.8, 4) is 0 Å². The molecule has 1 aliphatic carbocycles. The number of rotatable bonds is 3. The molecular weight excluding hydrogens is 208 g/mol. The Bertz CT molecular complexity index is 345. The minimum atomic E-state index is 0.373. The molecule has 0 spiro atoms. The van der Waals surface area contributed by atoms with E-state index < -0.39 is 0 Å². The highest BCUT2D eigenvalue weighted by Crippen LogP contribution is 2.16. The van der Waals surface area contributed by atoms with E-state index in [4.69, 9.17) is 0 Å². The van der Waals surface area contributed by atoms with Crippen LogP contribution in [0, 0.1) is 0 Å². The van der Waals surface area contributed by atoms with Gasteiger partial charge >= 0.3 is 0 Å². The first-order valence-electron chi connectivity index (χ1n) is 6.69. The predicted octanol–water partition coefficient (Wildman–Crippen LogP) is 3.62. The molecule has 2 unspecified atom stereocenters. The molecule has 0 radical (unpaired) electrons. The SMILES string of the molecule is CC(NC1/C=C/CCCCC1)c1cccnc1. The summed E-state index contributed by atoms with van der Waals surface area (Å²) < 4.78 is 0. The summed E-state index contributed by atoms with van der Waals surface area (Å²) in [5, 5.41) is 3.68. The molecule has 1 heterocycles. The van der Waals surface area contributed by atoms with Crippen molar-refractivity contribution in [3.63, 3.8) is 0 Å². The van der Waals surface area contributed by atoms with Gasteiger partial charge in [-0.15, -0.1) is 0 Å². The minimum absolute atomic E-state index is 0.373. The topological polar surface area (TPSA) is 24.9 Å². The van der Waals surface area contributed by atoms with Gasteiger partial charge < -0.3 is 5.32 Å². The van der Waals surface area contributed by atoms with E-state index in [0.717, 1.165) is 0 Å². The molecule has 92 valence electrons. The molecule has 1 aromatic rings. The summed E-state index contributed by atoms with van der Waals surface area (Å²) in [6, 6.07) is 5.03. The number of allylic oxidation sites excluding steroid dienone is 1. The summed E-state index contributed by atoms with van der Waals surface area (Å²) in [4.78, 5) is 4.17. The van der Waals surface area contributed by atoms with E-state index in [0.29, 0.717) is 12.1 Å². The average Bonchev–Trinajstić information content (AvgIpc) is 2.33. The van der Waals surface area contributed by atoms with Crippen LogP contribution in [0.5, 0.6) is 0 Å². The molecule has 1 aromatic heterocycles. The van der Waals surface area contributed by atoms with Crippen LogP contribution in [0.1, 0.15) is 50.6 Å². The normalized spacial score (nSPS) is 24.6. The number of hydrogen-bond acceptors (Lipinski definition) is 2. The van der Waals surface area contributed by atoms with Gasteiger partial charge in [0, 0.05) is 24.5 Å². The number of nitrogens with one attached hydrogen (secondary N) is 1. The van der Waals surface area contributed by atoms with Gasteiger partial charge in [-0.2, -0.15) is 0 Å². The maximum atomic E-state index is 4.17. The van der Waals surface area contributed by atoms with Crippen LogP contribution in [0.3, 0.4) is 0 Å². The lowest BCUT2D eigenvalue weighted by atomic mass is 10.0. The summed E-state index contributed by atoms with van der Waals surface area (Å²) in [5.74, 6) is 0. The van der Waals surface area contributed by atoms with Crippen molar-refractivity contribution in [1.29, 1.82) is 0 Å². The zero-order valence-corrected chi connectivity index (χ0v) is 10.6. The van der Waals surface area contributed by atoms with Crippen LogP contribution in [0.4, 0.5) is 0 Å². The van der Waals surface area contributed by atoms with Gasteiger partial charge in [-0.3, -0.25) is 4.98 Å². The van der Waals surface area contributed by atoms with Crippen LogP contribution >= 0.6 is 0 Å². The van der Waals surface area contributed by atoms with Crippen LogP contribution in [-0.4, -0.2) is 11.0 Å². The maximum Gasteiger partial charge on any atom is 0.0315 e. The van der Waals surface area contributed by atoms with Crippen LogP contribution < -0.4 is 5.32 Å². The highest BCUT2D eigenvalue weighted by atomic mass is 14.9. The van der Waals surface area contributed by atoms with Gasteiger partial charge in [0.25, 0.3) is 0 Å². The Morgan fingerprint density at radius 2 is 2.29 bits per heavy atom. The van der Waals surface area contributed by atoms with Crippen molar-refractivity contribution in [1.82, 2.24) is 10.3 Å². The highest BCUT2D eigenvalue weighted by Gasteiger charge is 2.11. The molecule has 2 atom stereocenters. The molecule has 2 nitrogen and oxygen atoms in total. The smallest absolute Gasteiger partial charge is 0.0315 e. The fraction of sp³-hybridized carbons (Fsp3) is 0.533. The molecular formula is C15H22N2. The third kappa shape index (κ3) is 3.97. The second-order valence-electron chi connectivity index (χ2n) is 4.85. The fourth-order valence-electron chi connectivity index (χ4n) is 2.35. The monoisotopic (exact) mass is 230 g/mol. The van der Waals surface area contributed by atoms with Gasteiger partial charge in [0.15, 0.2) is 0 Å². The molecule has 0 fully saturated rings. The predicted molar refractivity (Wildman–Crippen MR) is 71.8 cm³/mol. The van der Waals surface area contributed by atoms with E-state index in [2.05, 4.69) is 35.4 Å². The standard InChI is InChI=1S/C15H22N2/c1-13(14-8-7-11-16-12-14)17-15-9-5-3-2-4-6-10-15/h5,7-9,11-13,15,17H,2-4,6,10H2,1H3/b9-5+. The van der Waals surface area contributed by atoms with Crippen molar-refractivity contribution >= 4 is 0 Å². The van der Waals surface area contributed by atoms with Crippen molar-refractivity contribution in [2.75, 3.05) is 0 Å². The minimum Gasteiger partial charge on any atom is -0.304 e. The summed E-state index contributed by atoms with van der Waals surface area (Å²) in [5.41, 5.74) is 1.27. The van der Waals surface area contributed by atoms with Crippen LogP contribution in [0.15, 0.2) is 36.7 Å². The molecule has 0 bridgehead atoms. The first kappa shape index (κ1) is 12.3. The quantitative estimate of drug-likeness (QED) is 0.802. The van der Waals surface area contributed by atoms with Gasteiger partial charge in [0.05, 0.1) is 0 Å². The fourth-order valence-corrected chi connectivity index (χ4v) is 2.35. The van der Waals surface area contributed by atoms with Crippen LogP contribution in [0.25, 0.3) is 0 Å². The van der Waals surface area contributed by atoms with E-state index >= 15 is 0 Å². The number of aromatic nitrogens is 1. The lowest BCUT2D eigenvalue weighted by Gasteiger charge is -2.22. The van der Waals surface area contributed by atoms with Gasteiger partial charge in [0.2, 0.25) is 0 Å². The van der Waals surface area contributed by atoms with E-state index in [9.17, 15) is 0 Å². The average molecular weight is 230 g/mol. The summed E-state index contributed by atoms with van der Waals surface area (Å²) in [6.07, 6.45) is 15.0. The Kier molecular flexibility index (Phi) is 4.75. The van der Waals surface area contributed by atoms with Gasteiger partial charge in [-0.1, -0.05) is 31.1 Å². The third-order valence-corrected chi connectivity index (χ3v) is 3.40. The number of nitrogens with zero attached hydrogens (tertiary/aromatic N) is 1. The Morgan fingerprint density at radius 3 is 3.12 bits per heavy atom. The first-order chi connectivity index (χ1) is 8.36. The van der Waals surface area contributed by atoms with E-state index in [-0.39, 0.29) is 0 Å². The van der Waals surface area contributed by atoms with Gasteiger partial charge in [-0.25, -0.2) is 0 Å². The molecule has 0 aromatic carbocycles. The van der Waals surface area contributed by atoms with E-state index in [1.807, 2.05) is 18.5 Å². The maximum absolute atomic E-state index is 4.17. The first-order valence-corrected chi connectivity index (χ1v) is 6.69. The highest BCUT2D eigenvalue weighted by molar-refractivity contribution is 5.13. The number of hydrogen-bond donors (Lipinski definition) is 1. The Balaban J connectivity index is 1.93. The Morgan fingerprint density at radius 1 is 1.35 bits per heavy atom. The number of pyridine rings is 1. The van der Waals surface area contributed by atoms with E-state index in [1.54, 1.807) is 0 Å². The van der Waals surface area contributed by atoms with Gasteiger partial charge in [-0.05, 0) is 37.8 Å². The second-order valence-corrected chi connectivity index (χ2v) is 4.85. The zero-order valence-electron chi connectivity index (χ0n) is 10.6. The summed E-state index contributed by atoms with van der Waals surface area (Å²) >= 11 is 0. The molecule has 0 saturated carbocycles. The summed E-state index contributed by atoms with van der Waals surface area (Å²) in [7, 11) is 0. The molecule has 17 heavy (non-hydrogen) atoms. The molecule has 0 aliphatic heterocycles. The Labute approximate surface area is 104 Å². The molecule has 2 heteroatoms. The van der Waals surface area contributed by atoms with Gasteiger partial charge in [0.1, 0.15) is 0 Å². The van der Waals surface area contributed by atoms with Crippen molar-refractivity contribution in [3.05, 3.63) is 42.2 Å². The van der Waals surface area contributed by atoms with Crippen LogP contribution in [0.2, 0.25) is 0 Å². The van der Waals surface area contributed by atoms with Crippen molar-refractivity contribution in [2.24, 2.45) is 0 Å². The lowest BCUT2D eigenvalue weighted by Crippen LogP contribution is -2.30. The molecule has 1 N–H and O–H groups in total. The van der Waals surface area contributed by atoms with E-state index in [1.165, 1.54) is 37.7 Å². The molecule has 0 amide bonds. The third-order valence-electron chi connectivity index (χ3n) is 3.40. The van der Waals surface area contributed by atoms with Crippen molar-refractivity contribution in [2.45, 2.75) is 51.1 Å². The summed E-state index contributed by atoms with van der Waals surface area (Å²) in [6.45, 7) is 2.21. The Hall–Kier alpha value is -1.15. The van der Waals surface area contributed by atoms with Crippen LogP contribution in [-0.2, 0) is 0 Å². The zero-order chi connectivity index (χ0) is 11.9. The second kappa shape index (κ2) is 6.55. The van der Waals surface area contributed by atoms with Crippen molar-refractivity contribution < 1.29 is 0 Å².